The van der Waals surface area contributed by atoms with Crippen molar-refractivity contribution in [3.05, 3.63) is 70.6 Å². The Balaban J connectivity index is 1.61. The summed E-state index contributed by atoms with van der Waals surface area (Å²) in [6.45, 7) is 4.24. The van der Waals surface area contributed by atoms with E-state index in [1.54, 1.807) is 29.1 Å². The van der Waals surface area contributed by atoms with E-state index in [0.29, 0.717) is 10.8 Å². The molecule has 25 heavy (non-hydrogen) atoms. The molecule has 1 amide bonds. The number of aryl methyl sites for hydroxylation is 2. The van der Waals surface area contributed by atoms with Crippen molar-refractivity contribution in [2.45, 2.75) is 20.6 Å². The largest absolute Gasteiger partial charge is 0.471 e. The molecule has 3 aromatic rings. The van der Waals surface area contributed by atoms with Gasteiger partial charge in [-0.1, -0.05) is 29.3 Å². The Morgan fingerprint density at radius 2 is 2.08 bits per heavy atom. The maximum atomic E-state index is 12.2. The van der Waals surface area contributed by atoms with Gasteiger partial charge in [0.05, 0.1) is 5.02 Å². The SMILES string of the molecule is Cc1ccc(OCn2ccc(C(=O)Nc3ccc(Cl)cn3)n2)c(C)c1. The van der Waals surface area contributed by atoms with Crippen LogP contribution in [0.2, 0.25) is 5.02 Å². The number of rotatable bonds is 5. The number of ether oxygens (including phenoxy) is 1. The van der Waals surface area contributed by atoms with E-state index in [0.717, 1.165) is 11.3 Å². The minimum Gasteiger partial charge on any atom is -0.471 e. The van der Waals surface area contributed by atoms with Crippen LogP contribution in [-0.2, 0) is 6.73 Å². The third kappa shape index (κ3) is 4.36. The van der Waals surface area contributed by atoms with Gasteiger partial charge in [0.1, 0.15) is 11.6 Å². The molecule has 0 radical (unpaired) electrons. The molecule has 0 spiro atoms. The Morgan fingerprint density at radius 1 is 1.24 bits per heavy atom. The van der Waals surface area contributed by atoms with Crippen LogP contribution in [0.4, 0.5) is 5.82 Å². The van der Waals surface area contributed by atoms with Crippen LogP contribution in [0.5, 0.6) is 5.75 Å². The van der Waals surface area contributed by atoms with Crippen LogP contribution in [0.3, 0.4) is 0 Å². The van der Waals surface area contributed by atoms with Crippen molar-refractivity contribution in [1.82, 2.24) is 14.8 Å². The summed E-state index contributed by atoms with van der Waals surface area (Å²) in [7, 11) is 0. The van der Waals surface area contributed by atoms with E-state index in [1.165, 1.54) is 11.8 Å². The van der Waals surface area contributed by atoms with Gasteiger partial charge >= 0.3 is 0 Å². The molecule has 0 aliphatic rings. The number of carbonyl (C=O) groups is 1. The van der Waals surface area contributed by atoms with Crippen LogP contribution in [0.15, 0.2) is 48.8 Å². The van der Waals surface area contributed by atoms with E-state index in [-0.39, 0.29) is 18.3 Å². The van der Waals surface area contributed by atoms with Crippen molar-refractivity contribution >= 4 is 23.3 Å². The minimum atomic E-state index is -0.347. The number of halogens is 1. The van der Waals surface area contributed by atoms with E-state index in [2.05, 4.69) is 21.5 Å². The molecule has 0 unspecified atom stereocenters. The molecule has 128 valence electrons. The molecular formula is C18H17ClN4O2. The third-order valence-corrected chi connectivity index (χ3v) is 3.75. The summed E-state index contributed by atoms with van der Waals surface area (Å²) in [5, 5.41) is 7.38. The topological polar surface area (TPSA) is 69.0 Å². The fourth-order valence-corrected chi connectivity index (χ4v) is 2.39. The Kier molecular flexibility index (Phi) is 5.00. The molecule has 6 nitrogen and oxygen atoms in total. The molecule has 7 heteroatoms. The lowest BCUT2D eigenvalue weighted by Gasteiger charge is -2.09. The Labute approximate surface area is 150 Å². The predicted molar refractivity (Wildman–Crippen MR) is 96.0 cm³/mol. The van der Waals surface area contributed by atoms with Gasteiger partial charge in [0.25, 0.3) is 5.91 Å². The van der Waals surface area contributed by atoms with E-state index in [9.17, 15) is 4.79 Å². The van der Waals surface area contributed by atoms with Gasteiger partial charge in [0.15, 0.2) is 12.4 Å². The number of amides is 1. The smallest absolute Gasteiger partial charge is 0.277 e. The Morgan fingerprint density at radius 3 is 2.80 bits per heavy atom. The minimum absolute atomic E-state index is 0.219. The van der Waals surface area contributed by atoms with Crippen molar-refractivity contribution in [2.75, 3.05) is 5.32 Å². The zero-order valence-electron chi connectivity index (χ0n) is 13.9. The van der Waals surface area contributed by atoms with Gasteiger partial charge in [-0.05, 0) is 43.7 Å². The molecule has 0 fully saturated rings. The van der Waals surface area contributed by atoms with Crippen LogP contribution in [-0.4, -0.2) is 20.7 Å². The van der Waals surface area contributed by atoms with Crippen LogP contribution >= 0.6 is 11.6 Å². The maximum Gasteiger partial charge on any atom is 0.277 e. The summed E-state index contributed by atoms with van der Waals surface area (Å²) < 4.78 is 7.30. The van der Waals surface area contributed by atoms with Gasteiger partial charge in [-0.2, -0.15) is 5.10 Å². The molecule has 2 aromatic heterocycles. The molecule has 2 heterocycles. The average Bonchev–Trinajstić information content (AvgIpc) is 3.05. The predicted octanol–water partition coefficient (Wildman–Crippen LogP) is 3.84. The molecular weight excluding hydrogens is 340 g/mol. The summed E-state index contributed by atoms with van der Waals surface area (Å²) in [4.78, 5) is 16.2. The average molecular weight is 357 g/mol. The number of anilines is 1. The highest BCUT2D eigenvalue weighted by Gasteiger charge is 2.11. The van der Waals surface area contributed by atoms with Gasteiger partial charge in [-0.25, -0.2) is 9.67 Å². The second kappa shape index (κ2) is 7.36. The first-order valence-corrected chi connectivity index (χ1v) is 8.05. The number of carbonyl (C=O) groups excluding carboxylic acids is 1. The standard InChI is InChI=1S/C18H17ClN4O2/c1-12-3-5-16(13(2)9-12)25-11-23-8-7-15(22-23)18(24)21-17-6-4-14(19)10-20-17/h3-10H,11H2,1-2H3,(H,20,21,24). The summed E-state index contributed by atoms with van der Waals surface area (Å²) >= 11 is 5.77. The molecule has 0 bridgehead atoms. The van der Waals surface area contributed by atoms with Crippen molar-refractivity contribution in [3.8, 4) is 5.75 Å². The molecule has 0 atom stereocenters. The summed E-state index contributed by atoms with van der Waals surface area (Å²) in [6, 6.07) is 10.9. The van der Waals surface area contributed by atoms with Gasteiger partial charge in [0.2, 0.25) is 0 Å². The lowest BCUT2D eigenvalue weighted by atomic mass is 10.1. The van der Waals surface area contributed by atoms with E-state index in [4.69, 9.17) is 16.3 Å². The van der Waals surface area contributed by atoms with E-state index < -0.39 is 0 Å². The van der Waals surface area contributed by atoms with Crippen molar-refractivity contribution < 1.29 is 9.53 Å². The molecule has 1 N–H and O–H groups in total. The summed E-state index contributed by atoms with van der Waals surface area (Å²) in [5.74, 6) is 0.855. The molecule has 0 saturated heterocycles. The third-order valence-electron chi connectivity index (χ3n) is 3.53. The number of aromatic nitrogens is 3. The van der Waals surface area contributed by atoms with Gasteiger partial charge in [-0.15, -0.1) is 0 Å². The normalized spacial score (nSPS) is 10.5. The number of hydrogen-bond acceptors (Lipinski definition) is 4. The monoisotopic (exact) mass is 356 g/mol. The van der Waals surface area contributed by atoms with Crippen LogP contribution in [0.1, 0.15) is 21.6 Å². The Hall–Kier alpha value is -2.86. The summed E-state index contributed by atoms with van der Waals surface area (Å²) in [5.41, 5.74) is 2.51. The fraction of sp³-hybridized carbons (Fsp3) is 0.167. The van der Waals surface area contributed by atoms with Gasteiger partial charge in [-0.3, -0.25) is 4.79 Å². The number of nitrogens with one attached hydrogen (secondary N) is 1. The number of benzene rings is 1. The first kappa shape index (κ1) is 17.0. The maximum absolute atomic E-state index is 12.2. The molecule has 0 aliphatic heterocycles. The molecule has 3 rings (SSSR count). The highest BCUT2D eigenvalue weighted by Crippen LogP contribution is 2.19. The van der Waals surface area contributed by atoms with Crippen molar-refractivity contribution in [1.29, 1.82) is 0 Å². The Bertz CT molecular complexity index is 890. The number of pyridine rings is 1. The lowest BCUT2D eigenvalue weighted by Crippen LogP contribution is -2.15. The van der Waals surface area contributed by atoms with Gasteiger partial charge in [0, 0.05) is 12.4 Å². The van der Waals surface area contributed by atoms with Crippen LogP contribution in [0, 0.1) is 13.8 Å². The fourth-order valence-electron chi connectivity index (χ4n) is 2.28. The lowest BCUT2D eigenvalue weighted by molar-refractivity contribution is 0.102. The molecule has 0 aliphatic carbocycles. The number of hydrogen-bond donors (Lipinski definition) is 1. The molecule has 1 aromatic carbocycles. The number of nitrogens with zero attached hydrogens (tertiary/aromatic N) is 3. The van der Waals surface area contributed by atoms with E-state index in [1.807, 2.05) is 26.0 Å². The zero-order valence-corrected chi connectivity index (χ0v) is 14.6. The first-order valence-electron chi connectivity index (χ1n) is 7.68. The van der Waals surface area contributed by atoms with Crippen molar-refractivity contribution in [3.63, 3.8) is 0 Å². The van der Waals surface area contributed by atoms with E-state index >= 15 is 0 Å². The van der Waals surface area contributed by atoms with Crippen LogP contribution in [0.25, 0.3) is 0 Å². The van der Waals surface area contributed by atoms with Crippen molar-refractivity contribution in [2.24, 2.45) is 0 Å². The first-order chi connectivity index (χ1) is 12.0. The second-order valence-corrected chi connectivity index (χ2v) is 6.04. The van der Waals surface area contributed by atoms with Crippen LogP contribution < -0.4 is 10.1 Å². The van der Waals surface area contributed by atoms with Gasteiger partial charge < -0.3 is 10.1 Å². The zero-order chi connectivity index (χ0) is 17.8. The molecule has 0 saturated carbocycles. The highest BCUT2D eigenvalue weighted by atomic mass is 35.5. The second-order valence-electron chi connectivity index (χ2n) is 5.60. The summed E-state index contributed by atoms with van der Waals surface area (Å²) in [6.07, 6.45) is 3.15. The quantitative estimate of drug-likeness (QED) is 0.754. The highest BCUT2D eigenvalue weighted by molar-refractivity contribution is 6.30.